The number of benzene rings is 2. The fraction of sp³-hybridized carbons (Fsp3) is 0.286. The van der Waals surface area contributed by atoms with Crippen molar-refractivity contribution >= 4 is 18.1 Å². The Labute approximate surface area is 159 Å². The van der Waals surface area contributed by atoms with E-state index < -0.39 is 0 Å². The summed E-state index contributed by atoms with van der Waals surface area (Å²) in [5, 5.41) is 3.95. The predicted octanol–water partition coefficient (Wildman–Crippen LogP) is 3.40. The molecule has 142 valence electrons. The van der Waals surface area contributed by atoms with E-state index in [0.29, 0.717) is 12.2 Å². The lowest BCUT2D eigenvalue weighted by Crippen LogP contribution is -2.17. The molecule has 0 saturated heterocycles. The van der Waals surface area contributed by atoms with E-state index in [0.717, 1.165) is 29.7 Å². The van der Waals surface area contributed by atoms with E-state index in [2.05, 4.69) is 16.6 Å². The second-order valence-corrected chi connectivity index (χ2v) is 6.11. The predicted molar refractivity (Wildman–Crippen MR) is 104 cm³/mol. The maximum Gasteiger partial charge on any atom is 0.308 e. The number of hydrogen-bond acceptors (Lipinski definition) is 5. The van der Waals surface area contributed by atoms with E-state index in [9.17, 15) is 9.59 Å². The number of hydrazone groups is 1. The molecule has 0 saturated carbocycles. The summed E-state index contributed by atoms with van der Waals surface area (Å²) < 4.78 is 10.2. The average molecular weight is 368 g/mol. The number of ether oxygens (including phenoxy) is 2. The lowest BCUT2D eigenvalue weighted by Gasteiger charge is -2.07. The minimum Gasteiger partial charge on any atom is -0.496 e. The summed E-state index contributed by atoms with van der Waals surface area (Å²) in [6.45, 7) is 3.35. The fourth-order valence-corrected chi connectivity index (χ4v) is 2.57. The van der Waals surface area contributed by atoms with E-state index >= 15 is 0 Å². The molecule has 6 nitrogen and oxygen atoms in total. The van der Waals surface area contributed by atoms with Gasteiger partial charge in [0, 0.05) is 13.3 Å². The minimum atomic E-state index is -0.367. The molecule has 2 rings (SSSR count). The summed E-state index contributed by atoms with van der Waals surface area (Å²) >= 11 is 0. The Morgan fingerprint density at radius 1 is 1.15 bits per heavy atom. The Bertz CT molecular complexity index is 813. The first-order valence-electron chi connectivity index (χ1n) is 8.72. The van der Waals surface area contributed by atoms with Gasteiger partial charge >= 0.3 is 5.97 Å². The van der Waals surface area contributed by atoms with Crippen LogP contribution in [0, 0.1) is 6.92 Å². The molecule has 0 aliphatic carbocycles. The van der Waals surface area contributed by atoms with Gasteiger partial charge in [0.1, 0.15) is 11.5 Å². The summed E-state index contributed by atoms with van der Waals surface area (Å²) in [5.41, 5.74) is 5.58. The quantitative estimate of drug-likeness (QED) is 0.335. The van der Waals surface area contributed by atoms with Crippen molar-refractivity contribution in [2.75, 3.05) is 7.11 Å². The van der Waals surface area contributed by atoms with E-state index in [-0.39, 0.29) is 11.9 Å². The number of nitrogens with zero attached hydrogens (tertiary/aromatic N) is 1. The Morgan fingerprint density at radius 2 is 1.89 bits per heavy atom. The molecule has 0 aromatic heterocycles. The van der Waals surface area contributed by atoms with Crippen LogP contribution in [-0.2, 0) is 16.0 Å². The standard InChI is InChI=1S/C21H24N2O4/c1-15-13-17(9-12-20(15)26-3)5-4-6-21(25)23-22-14-18-7-10-19(11-8-18)27-16(2)24/h7-14H,4-6H2,1-3H3,(H,23,25)/b22-14+. The molecule has 0 spiro atoms. The number of carbonyl (C=O) groups excluding carboxylic acids is 2. The number of amides is 1. The second-order valence-electron chi connectivity index (χ2n) is 6.11. The van der Waals surface area contributed by atoms with Crippen molar-refractivity contribution in [3.05, 3.63) is 59.2 Å². The summed E-state index contributed by atoms with van der Waals surface area (Å²) in [5.74, 6) is 0.839. The van der Waals surface area contributed by atoms with Crippen molar-refractivity contribution in [1.29, 1.82) is 0 Å². The van der Waals surface area contributed by atoms with E-state index in [4.69, 9.17) is 9.47 Å². The molecular weight excluding hydrogens is 344 g/mol. The fourth-order valence-electron chi connectivity index (χ4n) is 2.57. The summed E-state index contributed by atoms with van der Waals surface area (Å²) in [7, 11) is 1.65. The van der Waals surface area contributed by atoms with Gasteiger partial charge in [0.05, 0.1) is 13.3 Å². The first-order valence-corrected chi connectivity index (χ1v) is 8.72. The molecule has 0 unspecified atom stereocenters. The van der Waals surface area contributed by atoms with Gasteiger partial charge in [-0.15, -0.1) is 0 Å². The molecule has 0 aliphatic heterocycles. The molecule has 0 aliphatic rings. The lowest BCUT2D eigenvalue weighted by molar-refractivity contribution is -0.131. The number of rotatable bonds is 8. The van der Waals surface area contributed by atoms with E-state index in [1.165, 1.54) is 12.5 Å². The van der Waals surface area contributed by atoms with Gasteiger partial charge in [0.15, 0.2) is 0 Å². The van der Waals surface area contributed by atoms with Crippen LogP contribution in [0.2, 0.25) is 0 Å². The Balaban J connectivity index is 1.73. The number of esters is 1. The highest BCUT2D eigenvalue weighted by molar-refractivity contribution is 5.82. The molecule has 0 fully saturated rings. The third-order valence-electron chi connectivity index (χ3n) is 3.87. The zero-order valence-electron chi connectivity index (χ0n) is 15.8. The molecule has 2 aromatic carbocycles. The first-order chi connectivity index (χ1) is 13.0. The van der Waals surface area contributed by atoms with Crippen molar-refractivity contribution in [2.45, 2.75) is 33.1 Å². The number of methoxy groups -OCH3 is 1. The highest BCUT2D eigenvalue weighted by Gasteiger charge is 2.03. The number of aryl methyl sites for hydroxylation is 2. The van der Waals surface area contributed by atoms with Gasteiger partial charge in [-0.2, -0.15) is 5.10 Å². The molecule has 0 atom stereocenters. The zero-order chi connectivity index (χ0) is 19.6. The monoisotopic (exact) mass is 368 g/mol. The number of carbonyl (C=O) groups is 2. The van der Waals surface area contributed by atoms with Crippen molar-refractivity contribution < 1.29 is 19.1 Å². The SMILES string of the molecule is COc1ccc(CCCC(=O)N/N=C/c2ccc(OC(C)=O)cc2)cc1C. The van der Waals surface area contributed by atoms with Gasteiger partial charge in [-0.05, 0) is 66.8 Å². The smallest absolute Gasteiger partial charge is 0.308 e. The van der Waals surface area contributed by atoms with Crippen LogP contribution in [0.5, 0.6) is 11.5 Å². The molecule has 2 aromatic rings. The van der Waals surface area contributed by atoms with Crippen LogP contribution in [0.4, 0.5) is 0 Å². The van der Waals surface area contributed by atoms with Crippen molar-refractivity contribution in [3.63, 3.8) is 0 Å². The third-order valence-corrected chi connectivity index (χ3v) is 3.87. The summed E-state index contributed by atoms with van der Waals surface area (Å²) in [6.07, 6.45) is 3.50. The number of hydrogen-bond donors (Lipinski definition) is 1. The van der Waals surface area contributed by atoms with Crippen molar-refractivity contribution in [3.8, 4) is 11.5 Å². The van der Waals surface area contributed by atoms with E-state index in [1.807, 2.05) is 19.1 Å². The van der Waals surface area contributed by atoms with Gasteiger partial charge in [0.25, 0.3) is 0 Å². The largest absolute Gasteiger partial charge is 0.496 e. The van der Waals surface area contributed by atoms with Crippen LogP contribution in [-0.4, -0.2) is 25.2 Å². The molecule has 1 amide bonds. The minimum absolute atomic E-state index is 0.131. The van der Waals surface area contributed by atoms with Crippen molar-refractivity contribution in [2.24, 2.45) is 5.10 Å². The zero-order valence-corrected chi connectivity index (χ0v) is 15.8. The van der Waals surface area contributed by atoms with Crippen LogP contribution < -0.4 is 14.9 Å². The van der Waals surface area contributed by atoms with Gasteiger partial charge in [-0.25, -0.2) is 5.43 Å². The normalized spacial score (nSPS) is 10.6. The maximum absolute atomic E-state index is 11.9. The Hall–Kier alpha value is -3.15. The highest BCUT2D eigenvalue weighted by Crippen LogP contribution is 2.19. The molecule has 27 heavy (non-hydrogen) atoms. The van der Waals surface area contributed by atoms with Gasteiger partial charge in [-0.1, -0.05) is 12.1 Å². The van der Waals surface area contributed by atoms with Crippen LogP contribution >= 0.6 is 0 Å². The highest BCUT2D eigenvalue weighted by atomic mass is 16.5. The Morgan fingerprint density at radius 3 is 2.52 bits per heavy atom. The summed E-state index contributed by atoms with van der Waals surface area (Å²) in [4.78, 5) is 22.7. The van der Waals surface area contributed by atoms with Crippen LogP contribution in [0.3, 0.4) is 0 Å². The molecule has 0 radical (unpaired) electrons. The Kier molecular flexibility index (Phi) is 7.55. The summed E-state index contributed by atoms with van der Waals surface area (Å²) in [6, 6.07) is 12.9. The molecule has 0 heterocycles. The molecular formula is C21H24N2O4. The third kappa shape index (κ3) is 6.93. The van der Waals surface area contributed by atoms with Crippen LogP contribution in [0.25, 0.3) is 0 Å². The topological polar surface area (TPSA) is 77.0 Å². The number of nitrogens with one attached hydrogen (secondary N) is 1. The first kappa shape index (κ1) is 20.2. The van der Waals surface area contributed by atoms with Gasteiger partial charge in [0.2, 0.25) is 5.91 Å². The van der Waals surface area contributed by atoms with Crippen LogP contribution in [0.1, 0.15) is 36.5 Å². The lowest BCUT2D eigenvalue weighted by atomic mass is 10.1. The van der Waals surface area contributed by atoms with Gasteiger partial charge in [-0.3, -0.25) is 9.59 Å². The van der Waals surface area contributed by atoms with E-state index in [1.54, 1.807) is 37.6 Å². The van der Waals surface area contributed by atoms with Crippen molar-refractivity contribution in [1.82, 2.24) is 5.43 Å². The average Bonchev–Trinajstić information content (AvgIpc) is 2.63. The second kappa shape index (κ2) is 10.1. The van der Waals surface area contributed by atoms with Gasteiger partial charge < -0.3 is 9.47 Å². The molecule has 1 N–H and O–H groups in total. The molecule has 6 heteroatoms. The molecule has 0 bridgehead atoms. The maximum atomic E-state index is 11.9. The van der Waals surface area contributed by atoms with Crippen LogP contribution in [0.15, 0.2) is 47.6 Å².